The van der Waals surface area contributed by atoms with E-state index < -0.39 is 11.9 Å². The highest BCUT2D eigenvalue weighted by atomic mass is 35.5. The second kappa shape index (κ2) is 7.89. The zero-order valence-corrected chi connectivity index (χ0v) is 13.1. The molecule has 2 atom stereocenters. The van der Waals surface area contributed by atoms with Crippen LogP contribution in [0, 0.1) is 0 Å². The van der Waals surface area contributed by atoms with Gasteiger partial charge in [0.15, 0.2) is 0 Å². The van der Waals surface area contributed by atoms with Gasteiger partial charge >= 0.3 is 5.97 Å². The van der Waals surface area contributed by atoms with Crippen molar-refractivity contribution in [2.24, 2.45) is 0 Å². The minimum absolute atomic E-state index is 0.447. The predicted molar refractivity (Wildman–Crippen MR) is 82.4 cm³/mol. The number of carboxylic acids is 2. The van der Waals surface area contributed by atoms with Crippen molar-refractivity contribution in [2.75, 3.05) is 0 Å². The van der Waals surface area contributed by atoms with Gasteiger partial charge in [0.25, 0.3) is 0 Å². The molecule has 0 radical (unpaired) electrons. The first-order valence-corrected chi connectivity index (χ1v) is 7.61. The van der Waals surface area contributed by atoms with Crippen LogP contribution >= 0.6 is 11.6 Å². The summed E-state index contributed by atoms with van der Waals surface area (Å²) in [6.45, 7) is 0. The Kier molecular flexibility index (Phi) is 5.90. The topological polar surface area (TPSA) is 107 Å². The molecular formula is C16H17ClN2O4. The van der Waals surface area contributed by atoms with Crippen molar-refractivity contribution in [2.45, 2.75) is 31.3 Å². The van der Waals surface area contributed by atoms with Gasteiger partial charge in [-0.15, -0.1) is 0 Å². The normalized spacial score (nSPS) is 22.2. The summed E-state index contributed by atoms with van der Waals surface area (Å²) < 4.78 is 0. The van der Waals surface area contributed by atoms with E-state index in [0.717, 1.165) is 6.04 Å². The van der Waals surface area contributed by atoms with Crippen LogP contribution in [0.1, 0.15) is 24.8 Å². The molecule has 0 amide bonds. The third kappa shape index (κ3) is 5.50. The first kappa shape index (κ1) is 17.2. The summed E-state index contributed by atoms with van der Waals surface area (Å²) in [5.74, 6) is -2.80. The largest absolute Gasteiger partial charge is 0.545 e. The summed E-state index contributed by atoms with van der Waals surface area (Å²) in [5, 5.41) is 20.3. The van der Waals surface area contributed by atoms with Gasteiger partial charge in [0, 0.05) is 31.5 Å². The molecule has 122 valence electrons. The fourth-order valence-electron chi connectivity index (χ4n) is 2.79. The van der Waals surface area contributed by atoms with Crippen LogP contribution in [0.2, 0.25) is 5.15 Å². The number of rotatable bonds is 3. The van der Waals surface area contributed by atoms with Gasteiger partial charge < -0.3 is 20.3 Å². The standard InChI is InChI=1S/C12H13ClN2.C4H4O4/c13-12-4-1-8(7-14-12)9-5-10-2-3-11(6-9)15-10;5-3(6)1-2-4(7)8/h1,4-5,7,10-11,15H,2-3,6H2;1-2H,(H,5,6)(H,7,8)/b;2-1-/t10-,11+;/m1./s1. The number of carbonyl (C=O) groups is 2. The average Bonchev–Trinajstić information content (AvgIpc) is 2.85. The lowest BCUT2D eigenvalue weighted by Gasteiger charge is -2.18. The number of carboxylic acid groups (broad SMARTS) is 2. The Bertz CT molecular complexity index is 624. The summed E-state index contributed by atoms with van der Waals surface area (Å²) in [5.41, 5.74) is 2.69. The Labute approximate surface area is 138 Å². The molecule has 1 aromatic heterocycles. The van der Waals surface area contributed by atoms with Crippen molar-refractivity contribution >= 4 is 29.1 Å². The number of hydrogen-bond donors (Lipinski definition) is 2. The molecule has 6 nitrogen and oxygen atoms in total. The Morgan fingerprint density at radius 1 is 1.35 bits per heavy atom. The SMILES string of the molecule is Clc1ccc(C2=C[C@H]3CC[C@@H](C2)[NH2+]3)cn1.O=C([O-])/C=C\C(=O)O. The van der Waals surface area contributed by atoms with Gasteiger partial charge in [-0.3, -0.25) is 0 Å². The number of nitrogens with zero attached hydrogens (tertiary/aromatic N) is 1. The Balaban J connectivity index is 0.000000207. The van der Waals surface area contributed by atoms with Gasteiger partial charge in [-0.2, -0.15) is 0 Å². The van der Waals surface area contributed by atoms with Gasteiger partial charge in [0.05, 0.1) is 12.0 Å². The van der Waals surface area contributed by atoms with Crippen molar-refractivity contribution < 1.29 is 25.1 Å². The molecule has 0 spiro atoms. The van der Waals surface area contributed by atoms with Crippen LogP contribution in [0.15, 0.2) is 36.6 Å². The minimum atomic E-state index is -1.51. The van der Waals surface area contributed by atoms with Crippen molar-refractivity contribution in [3.05, 3.63) is 47.3 Å². The predicted octanol–water partition coefficient (Wildman–Crippen LogP) is -0.00640. The second-order valence-electron chi connectivity index (χ2n) is 5.45. The number of carbonyl (C=O) groups excluding carboxylic acids is 1. The van der Waals surface area contributed by atoms with Gasteiger partial charge in [0.2, 0.25) is 0 Å². The van der Waals surface area contributed by atoms with E-state index >= 15 is 0 Å². The fraction of sp³-hybridized carbons (Fsp3) is 0.312. The average molecular weight is 337 g/mol. The summed E-state index contributed by atoms with van der Waals surface area (Å²) >= 11 is 5.78. The van der Waals surface area contributed by atoms with Gasteiger partial charge in [-0.05, 0) is 29.4 Å². The molecule has 2 aliphatic heterocycles. The Morgan fingerprint density at radius 2 is 2.13 bits per heavy atom. The number of hydrogen-bond acceptors (Lipinski definition) is 4. The highest BCUT2D eigenvalue weighted by Crippen LogP contribution is 2.27. The molecule has 3 N–H and O–H groups in total. The summed E-state index contributed by atoms with van der Waals surface area (Å²) in [7, 11) is 0. The first-order chi connectivity index (χ1) is 10.9. The summed E-state index contributed by atoms with van der Waals surface area (Å²) in [6, 6.07) is 5.45. The van der Waals surface area contributed by atoms with Crippen LogP contribution < -0.4 is 10.4 Å². The van der Waals surface area contributed by atoms with E-state index in [-0.39, 0.29) is 0 Å². The number of aromatic nitrogens is 1. The molecule has 0 aromatic carbocycles. The summed E-state index contributed by atoms with van der Waals surface area (Å²) in [6.07, 6.45) is 9.09. The number of quaternary nitrogens is 1. The fourth-order valence-corrected chi connectivity index (χ4v) is 2.90. The molecule has 0 unspecified atom stereocenters. The monoisotopic (exact) mass is 336 g/mol. The molecule has 3 rings (SSSR count). The lowest BCUT2D eigenvalue weighted by atomic mass is 9.97. The van der Waals surface area contributed by atoms with Gasteiger partial charge in [-0.1, -0.05) is 17.7 Å². The molecule has 2 aliphatic rings. The number of halogens is 1. The van der Waals surface area contributed by atoms with Crippen LogP contribution in [0.4, 0.5) is 0 Å². The lowest BCUT2D eigenvalue weighted by molar-refractivity contribution is -0.693. The van der Waals surface area contributed by atoms with Gasteiger partial charge in [0.1, 0.15) is 11.2 Å². The van der Waals surface area contributed by atoms with Gasteiger partial charge in [-0.25, -0.2) is 9.78 Å². The van der Waals surface area contributed by atoms with Crippen molar-refractivity contribution in [3.8, 4) is 0 Å². The molecule has 0 saturated carbocycles. The second-order valence-corrected chi connectivity index (χ2v) is 5.84. The Morgan fingerprint density at radius 3 is 2.65 bits per heavy atom. The van der Waals surface area contributed by atoms with Crippen LogP contribution in [0.25, 0.3) is 5.57 Å². The first-order valence-electron chi connectivity index (χ1n) is 7.23. The Hall–Kier alpha value is -2.18. The molecule has 2 bridgehead atoms. The molecular weight excluding hydrogens is 320 g/mol. The minimum Gasteiger partial charge on any atom is -0.545 e. The highest BCUT2D eigenvalue weighted by Gasteiger charge is 2.32. The molecule has 0 aliphatic carbocycles. The molecule has 23 heavy (non-hydrogen) atoms. The lowest BCUT2D eigenvalue weighted by Crippen LogP contribution is -2.92. The molecule has 3 heterocycles. The molecule has 1 fully saturated rings. The van der Waals surface area contributed by atoms with Crippen molar-refractivity contribution in [1.82, 2.24) is 4.98 Å². The van der Waals surface area contributed by atoms with Crippen LogP contribution in [0.5, 0.6) is 0 Å². The number of aliphatic carboxylic acids is 2. The zero-order chi connectivity index (χ0) is 16.8. The maximum Gasteiger partial charge on any atom is 0.328 e. The maximum absolute atomic E-state index is 9.53. The molecule has 1 aromatic rings. The van der Waals surface area contributed by atoms with E-state index in [2.05, 4.69) is 22.4 Å². The third-order valence-electron chi connectivity index (χ3n) is 3.75. The molecule has 7 heteroatoms. The van der Waals surface area contributed by atoms with E-state index in [0.29, 0.717) is 23.3 Å². The molecule has 1 saturated heterocycles. The van der Waals surface area contributed by atoms with E-state index in [1.54, 1.807) is 0 Å². The van der Waals surface area contributed by atoms with E-state index in [1.807, 2.05) is 12.3 Å². The van der Waals surface area contributed by atoms with Crippen LogP contribution in [-0.2, 0) is 9.59 Å². The van der Waals surface area contributed by atoms with Crippen LogP contribution in [-0.4, -0.2) is 34.1 Å². The zero-order valence-electron chi connectivity index (χ0n) is 12.3. The smallest absolute Gasteiger partial charge is 0.328 e. The number of nitrogens with two attached hydrogens (primary N) is 1. The van der Waals surface area contributed by atoms with E-state index in [1.165, 1.54) is 30.4 Å². The maximum atomic E-state index is 9.53. The van der Waals surface area contributed by atoms with Crippen molar-refractivity contribution in [1.29, 1.82) is 0 Å². The quantitative estimate of drug-likeness (QED) is 0.596. The summed E-state index contributed by atoms with van der Waals surface area (Å²) in [4.78, 5) is 23.1. The van der Waals surface area contributed by atoms with Crippen molar-refractivity contribution in [3.63, 3.8) is 0 Å². The van der Waals surface area contributed by atoms with E-state index in [4.69, 9.17) is 16.7 Å². The van der Waals surface area contributed by atoms with Crippen LogP contribution in [0.3, 0.4) is 0 Å². The number of pyridine rings is 1. The number of fused-ring (bicyclic) bond motifs is 2. The highest BCUT2D eigenvalue weighted by molar-refractivity contribution is 6.29. The van der Waals surface area contributed by atoms with E-state index in [9.17, 15) is 14.7 Å². The third-order valence-corrected chi connectivity index (χ3v) is 3.97.